The van der Waals surface area contributed by atoms with Crippen molar-refractivity contribution in [3.05, 3.63) is 22.8 Å². The van der Waals surface area contributed by atoms with Crippen LogP contribution >= 0.6 is 0 Å². The van der Waals surface area contributed by atoms with Gasteiger partial charge < -0.3 is 15.3 Å². The fourth-order valence-electron chi connectivity index (χ4n) is 8.53. The van der Waals surface area contributed by atoms with Crippen LogP contribution in [0.25, 0.3) is 0 Å². The van der Waals surface area contributed by atoms with E-state index in [0.29, 0.717) is 23.1 Å². The Bertz CT molecular complexity index is 1210. The second-order valence-corrected chi connectivity index (χ2v) is 13.3. The quantitative estimate of drug-likeness (QED) is 0.461. The topological polar surface area (TPSA) is 146 Å². The summed E-state index contributed by atoms with van der Waals surface area (Å²) in [6.45, 7) is 12.1. The Morgan fingerprint density at radius 2 is 1.66 bits per heavy atom. The molecule has 0 aromatic heterocycles. The van der Waals surface area contributed by atoms with E-state index in [1.54, 1.807) is 20.8 Å². The number of allylic oxidation sites excluding steroid dienone is 2. The van der Waals surface area contributed by atoms with Gasteiger partial charge in [0.1, 0.15) is 17.7 Å². The first kappa shape index (κ1) is 28.6. The molecule has 3 N–H and O–H groups in total. The van der Waals surface area contributed by atoms with Crippen molar-refractivity contribution in [3.8, 4) is 0 Å². The number of aliphatic hydroxyl groups excluding tert-OH is 2. The van der Waals surface area contributed by atoms with Crippen LogP contribution in [0.4, 0.5) is 0 Å². The molecular formula is C30H40O8. The van der Waals surface area contributed by atoms with Crippen molar-refractivity contribution in [2.24, 2.45) is 39.4 Å². The van der Waals surface area contributed by atoms with Crippen LogP contribution in [-0.4, -0.2) is 56.6 Å². The molecule has 8 atom stereocenters. The Labute approximate surface area is 223 Å². The van der Waals surface area contributed by atoms with Gasteiger partial charge in [-0.25, -0.2) is 0 Å². The number of fused-ring (bicyclic) bond motifs is 4. The summed E-state index contributed by atoms with van der Waals surface area (Å²) in [7, 11) is 0. The maximum absolute atomic E-state index is 14.1. The van der Waals surface area contributed by atoms with E-state index in [1.807, 2.05) is 20.8 Å². The number of ketones is 4. The SMILES string of the molecule is CC(=CC(=O)CC(C)C(=O)O)C1CC(=O)C2(C)C3=C(C(=O)C(O)C12C)C1(C)CCC(=O)C(C)(C)C1CC3O. The van der Waals surface area contributed by atoms with E-state index < -0.39 is 63.2 Å². The second kappa shape index (κ2) is 8.78. The van der Waals surface area contributed by atoms with Gasteiger partial charge in [0.2, 0.25) is 0 Å². The third kappa shape index (κ3) is 3.52. The third-order valence-corrected chi connectivity index (χ3v) is 11.1. The molecular weight excluding hydrogens is 488 g/mol. The number of aliphatic hydroxyl groups is 2. The molecule has 0 radical (unpaired) electrons. The van der Waals surface area contributed by atoms with Gasteiger partial charge in [0.15, 0.2) is 11.6 Å². The van der Waals surface area contributed by atoms with Crippen LogP contribution in [0, 0.1) is 39.4 Å². The minimum atomic E-state index is -1.55. The zero-order chi connectivity index (χ0) is 28.7. The van der Waals surface area contributed by atoms with Crippen LogP contribution in [0.3, 0.4) is 0 Å². The highest BCUT2D eigenvalue weighted by molar-refractivity contribution is 6.08. The summed E-state index contributed by atoms with van der Waals surface area (Å²) >= 11 is 0. The lowest BCUT2D eigenvalue weighted by molar-refractivity contribution is -0.156. The van der Waals surface area contributed by atoms with Crippen molar-refractivity contribution >= 4 is 29.1 Å². The lowest BCUT2D eigenvalue weighted by Gasteiger charge is -2.61. The van der Waals surface area contributed by atoms with Crippen molar-refractivity contribution in [2.45, 2.75) is 92.8 Å². The molecule has 0 aromatic carbocycles. The summed E-state index contributed by atoms with van der Waals surface area (Å²) in [6, 6.07) is 0. The molecule has 8 unspecified atom stereocenters. The van der Waals surface area contributed by atoms with Crippen LogP contribution < -0.4 is 0 Å². The van der Waals surface area contributed by atoms with Crippen LogP contribution in [0.5, 0.6) is 0 Å². The van der Waals surface area contributed by atoms with Gasteiger partial charge in [0.25, 0.3) is 0 Å². The van der Waals surface area contributed by atoms with Crippen molar-refractivity contribution in [1.29, 1.82) is 0 Å². The maximum atomic E-state index is 14.1. The highest BCUT2D eigenvalue weighted by Gasteiger charge is 2.73. The highest BCUT2D eigenvalue weighted by atomic mass is 16.4. The van der Waals surface area contributed by atoms with Crippen LogP contribution in [0.1, 0.15) is 80.6 Å². The molecule has 4 aliphatic carbocycles. The van der Waals surface area contributed by atoms with Crippen molar-refractivity contribution in [1.82, 2.24) is 0 Å². The first-order chi connectivity index (χ1) is 17.4. The van der Waals surface area contributed by atoms with E-state index in [4.69, 9.17) is 5.11 Å². The molecule has 0 spiro atoms. The zero-order valence-corrected chi connectivity index (χ0v) is 23.4. The number of hydrogen-bond acceptors (Lipinski definition) is 7. The molecule has 2 saturated carbocycles. The molecule has 4 rings (SSSR count). The van der Waals surface area contributed by atoms with Gasteiger partial charge in [0, 0.05) is 41.1 Å². The number of aliphatic carboxylic acids is 1. The third-order valence-electron chi connectivity index (χ3n) is 11.1. The van der Waals surface area contributed by atoms with Crippen LogP contribution in [-0.2, 0) is 24.0 Å². The maximum Gasteiger partial charge on any atom is 0.306 e. The molecule has 8 nitrogen and oxygen atoms in total. The predicted molar refractivity (Wildman–Crippen MR) is 138 cm³/mol. The van der Waals surface area contributed by atoms with E-state index in [0.717, 1.165) is 0 Å². The molecule has 0 saturated heterocycles. The number of rotatable bonds is 5. The van der Waals surface area contributed by atoms with Crippen molar-refractivity contribution in [2.75, 3.05) is 0 Å². The summed E-state index contributed by atoms with van der Waals surface area (Å²) in [4.78, 5) is 64.6. The number of hydrogen-bond donors (Lipinski definition) is 3. The Kier molecular flexibility index (Phi) is 6.60. The zero-order valence-electron chi connectivity index (χ0n) is 23.4. The number of carbonyl (C=O) groups is 5. The van der Waals surface area contributed by atoms with Gasteiger partial charge in [-0.1, -0.05) is 40.2 Å². The van der Waals surface area contributed by atoms with E-state index in [9.17, 15) is 34.2 Å². The second-order valence-electron chi connectivity index (χ2n) is 13.3. The lowest BCUT2D eigenvalue weighted by atomic mass is 9.42. The Morgan fingerprint density at radius 1 is 1.05 bits per heavy atom. The highest BCUT2D eigenvalue weighted by Crippen LogP contribution is 2.70. The normalized spacial score (nSPS) is 41.4. The van der Waals surface area contributed by atoms with Gasteiger partial charge in [-0.2, -0.15) is 0 Å². The van der Waals surface area contributed by atoms with E-state index in [1.165, 1.54) is 13.0 Å². The number of Topliss-reactive ketones (excluding diaryl/α,β-unsaturated/α-hetero) is 3. The van der Waals surface area contributed by atoms with E-state index in [2.05, 4.69) is 0 Å². The number of carbonyl (C=O) groups excluding carboxylic acids is 4. The molecule has 0 heterocycles. The van der Waals surface area contributed by atoms with Gasteiger partial charge in [-0.05, 0) is 50.2 Å². The van der Waals surface area contributed by atoms with Crippen LogP contribution in [0.2, 0.25) is 0 Å². The summed E-state index contributed by atoms with van der Waals surface area (Å²) < 4.78 is 0. The Hall–Kier alpha value is -2.45. The van der Waals surface area contributed by atoms with Crippen molar-refractivity contribution < 1.29 is 39.3 Å². The molecule has 38 heavy (non-hydrogen) atoms. The number of carboxylic acids is 1. The van der Waals surface area contributed by atoms with Crippen LogP contribution in [0.15, 0.2) is 22.8 Å². The molecule has 208 valence electrons. The molecule has 0 amide bonds. The van der Waals surface area contributed by atoms with E-state index in [-0.39, 0.29) is 43.2 Å². The average Bonchev–Trinajstić information content (AvgIpc) is 3.03. The number of carboxylic acid groups (broad SMARTS) is 1. The van der Waals surface area contributed by atoms with Gasteiger partial charge in [-0.15, -0.1) is 0 Å². The van der Waals surface area contributed by atoms with Gasteiger partial charge in [0.05, 0.1) is 17.4 Å². The first-order valence-corrected chi connectivity index (χ1v) is 13.5. The molecule has 0 aromatic rings. The molecule has 0 bridgehead atoms. The molecule has 8 heteroatoms. The van der Waals surface area contributed by atoms with Gasteiger partial charge >= 0.3 is 5.97 Å². The Morgan fingerprint density at radius 3 is 2.24 bits per heavy atom. The van der Waals surface area contributed by atoms with Crippen molar-refractivity contribution in [3.63, 3.8) is 0 Å². The minimum absolute atomic E-state index is 0.0188. The lowest BCUT2D eigenvalue weighted by Crippen LogP contribution is -2.64. The fourth-order valence-corrected chi connectivity index (χ4v) is 8.53. The summed E-state index contributed by atoms with van der Waals surface area (Å²) in [5.74, 6) is -3.99. The summed E-state index contributed by atoms with van der Waals surface area (Å²) in [6.07, 6.45) is -0.647. The van der Waals surface area contributed by atoms with E-state index >= 15 is 0 Å². The minimum Gasteiger partial charge on any atom is -0.481 e. The molecule has 4 aliphatic rings. The molecule has 0 aliphatic heterocycles. The average molecular weight is 529 g/mol. The monoisotopic (exact) mass is 528 g/mol. The largest absolute Gasteiger partial charge is 0.481 e. The standard InChI is InChI=1S/C30H40O8/c1-14(10-16(31)11-15(2)26(37)38)17-12-21(34)30(7)22-18(32)13-19-27(3,4)20(33)8-9-28(19,5)23(22)24(35)25(36)29(17,30)6/h10,15,17-19,25,32,36H,8-9,11-13H2,1-7H3,(H,37,38). The predicted octanol–water partition coefficient (Wildman–Crippen LogP) is 3.23. The first-order valence-electron chi connectivity index (χ1n) is 13.5. The Balaban J connectivity index is 1.86. The smallest absolute Gasteiger partial charge is 0.306 e. The summed E-state index contributed by atoms with van der Waals surface area (Å²) in [5, 5.41) is 32.4. The summed E-state index contributed by atoms with van der Waals surface area (Å²) in [5.41, 5.74) is -3.05. The van der Waals surface area contributed by atoms with Gasteiger partial charge in [-0.3, -0.25) is 24.0 Å². The molecule has 2 fully saturated rings. The fraction of sp³-hybridized carbons (Fsp3) is 0.700.